The van der Waals surface area contributed by atoms with Crippen LogP contribution in [0, 0.1) is 11.3 Å². The van der Waals surface area contributed by atoms with Crippen molar-refractivity contribution in [3.05, 3.63) is 22.4 Å². The lowest BCUT2D eigenvalue weighted by Crippen LogP contribution is -2.07. The summed E-state index contributed by atoms with van der Waals surface area (Å²) in [7, 11) is 0. The van der Waals surface area contributed by atoms with E-state index in [1.54, 1.807) is 11.3 Å². The molecule has 0 saturated carbocycles. The molecule has 0 aliphatic rings. The number of rotatable bonds is 2. The van der Waals surface area contributed by atoms with Crippen LogP contribution in [0.4, 0.5) is 0 Å². The molecule has 0 aliphatic heterocycles. The number of hydrogen-bond acceptors (Lipinski definition) is 3. The largest absolute Gasteiger partial charge is 0.323 e. The Bertz CT molecular complexity index is 222. The zero-order valence-electron chi connectivity index (χ0n) is 5.45. The Balaban J connectivity index is 2.61. The van der Waals surface area contributed by atoms with Crippen molar-refractivity contribution >= 4 is 11.3 Å². The molecule has 1 heterocycles. The van der Waals surface area contributed by atoms with Crippen LogP contribution in [0.1, 0.15) is 18.0 Å². The van der Waals surface area contributed by atoms with Crippen molar-refractivity contribution in [3.8, 4) is 6.07 Å². The topological polar surface area (TPSA) is 49.8 Å². The predicted molar refractivity (Wildman–Crippen MR) is 41.5 cm³/mol. The zero-order valence-corrected chi connectivity index (χ0v) is 6.27. The molecule has 52 valence electrons. The van der Waals surface area contributed by atoms with Crippen molar-refractivity contribution in [2.45, 2.75) is 12.5 Å². The summed E-state index contributed by atoms with van der Waals surface area (Å²) in [6.45, 7) is 0. The molecule has 1 aromatic heterocycles. The molecule has 0 bridgehead atoms. The first-order chi connectivity index (χ1) is 4.84. The van der Waals surface area contributed by atoms with Crippen LogP contribution in [-0.4, -0.2) is 0 Å². The number of thiophene rings is 1. The van der Waals surface area contributed by atoms with Crippen LogP contribution in [0.3, 0.4) is 0 Å². The van der Waals surface area contributed by atoms with Gasteiger partial charge in [-0.15, -0.1) is 0 Å². The van der Waals surface area contributed by atoms with Crippen LogP contribution in [0.2, 0.25) is 0 Å². The van der Waals surface area contributed by atoms with Crippen molar-refractivity contribution in [1.29, 1.82) is 5.26 Å². The normalized spacial score (nSPS) is 12.4. The van der Waals surface area contributed by atoms with Crippen LogP contribution >= 0.6 is 11.3 Å². The first-order valence-electron chi connectivity index (χ1n) is 2.99. The smallest absolute Gasteiger partial charge is 0.0641 e. The fraction of sp³-hybridized carbons (Fsp3) is 0.286. The van der Waals surface area contributed by atoms with Crippen LogP contribution in [0.25, 0.3) is 0 Å². The lowest BCUT2D eigenvalue weighted by molar-refractivity contribution is 0.752. The van der Waals surface area contributed by atoms with E-state index in [4.69, 9.17) is 11.0 Å². The Kier molecular flexibility index (Phi) is 2.43. The molecule has 0 radical (unpaired) electrons. The molecule has 1 atom stereocenters. The maximum atomic E-state index is 8.31. The average molecular weight is 152 g/mol. The molecule has 0 spiro atoms. The van der Waals surface area contributed by atoms with Gasteiger partial charge in [0.15, 0.2) is 0 Å². The van der Waals surface area contributed by atoms with Crippen LogP contribution in [0.5, 0.6) is 0 Å². The summed E-state index contributed by atoms with van der Waals surface area (Å²) in [6.07, 6.45) is 0.400. The van der Waals surface area contributed by atoms with Crippen molar-refractivity contribution in [2.75, 3.05) is 0 Å². The van der Waals surface area contributed by atoms with Gasteiger partial charge >= 0.3 is 0 Å². The third-order valence-corrected chi connectivity index (χ3v) is 1.98. The second kappa shape index (κ2) is 3.35. The van der Waals surface area contributed by atoms with E-state index in [1.165, 1.54) is 0 Å². The van der Waals surface area contributed by atoms with E-state index in [1.807, 2.05) is 22.9 Å². The van der Waals surface area contributed by atoms with E-state index >= 15 is 0 Å². The molecular formula is C7H8N2S. The highest BCUT2D eigenvalue weighted by molar-refractivity contribution is 7.07. The molecule has 0 aliphatic carbocycles. The number of nitrogens with zero attached hydrogens (tertiary/aromatic N) is 1. The first-order valence-corrected chi connectivity index (χ1v) is 3.93. The second-order valence-corrected chi connectivity index (χ2v) is 2.81. The monoisotopic (exact) mass is 152 g/mol. The van der Waals surface area contributed by atoms with E-state index in [0.29, 0.717) is 6.42 Å². The average Bonchev–Trinajstić information content (AvgIpc) is 2.38. The molecule has 0 saturated heterocycles. The zero-order chi connectivity index (χ0) is 7.40. The molecule has 0 fully saturated rings. The van der Waals surface area contributed by atoms with Crippen molar-refractivity contribution in [1.82, 2.24) is 0 Å². The Morgan fingerprint density at radius 2 is 2.60 bits per heavy atom. The van der Waals surface area contributed by atoms with Gasteiger partial charge in [0.2, 0.25) is 0 Å². The molecule has 2 nitrogen and oxygen atoms in total. The van der Waals surface area contributed by atoms with Gasteiger partial charge in [0.05, 0.1) is 12.5 Å². The first kappa shape index (κ1) is 7.26. The fourth-order valence-corrected chi connectivity index (χ4v) is 1.43. The van der Waals surface area contributed by atoms with Crippen molar-refractivity contribution in [2.24, 2.45) is 5.73 Å². The number of nitrogens with two attached hydrogens (primary N) is 1. The highest BCUT2D eigenvalue weighted by Gasteiger charge is 2.03. The lowest BCUT2D eigenvalue weighted by Gasteiger charge is -2.01. The van der Waals surface area contributed by atoms with E-state index in [0.717, 1.165) is 5.56 Å². The molecule has 1 aromatic rings. The molecule has 0 amide bonds. The molecule has 0 aromatic carbocycles. The van der Waals surface area contributed by atoms with E-state index in [2.05, 4.69) is 0 Å². The number of hydrogen-bond donors (Lipinski definition) is 1. The third-order valence-electron chi connectivity index (χ3n) is 1.28. The quantitative estimate of drug-likeness (QED) is 0.700. The summed E-state index contributed by atoms with van der Waals surface area (Å²) >= 11 is 1.60. The summed E-state index contributed by atoms with van der Waals surface area (Å²) in [5.74, 6) is 0. The Morgan fingerprint density at radius 1 is 1.80 bits per heavy atom. The molecule has 10 heavy (non-hydrogen) atoms. The summed E-state index contributed by atoms with van der Waals surface area (Å²) in [6, 6.07) is 3.89. The second-order valence-electron chi connectivity index (χ2n) is 2.03. The molecular weight excluding hydrogens is 144 g/mol. The summed E-state index contributed by atoms with van der Waals surface area (Å²) in [5, 5.41) is 12.2. The lowest BCUT2D eigenvalue weighted by atomic mass is 10.1. The fourth-order valence-electron chi connectivity index (χ4n) is 0.702. The minimum Gasteiger partial charge on any atom is -0.323 e. The van der Waals surface area contributed by atoms with E-state index < -0.39 is 0 Å². The van der Waals surface area contributed by atoms with Gasteiger partial charge in [0.1, 0.15) is 0 Å². The van der Waals surface area contributed by atoms with Crippen LogP contribution in [0.15, 0.2) is 16.8 Å². The van der Waals surface area contributed by atoms with Gasteiger partial charge in [-0.25, -0.2) is 0 Å². The Labute approximate surface area is 63.9 Å². The van der Waals surface area contributed by atoms with E-state index in [-0.39, 0.29) is 6.04 Å². The maximum Gasteiger partial charge on any atom is 0.0641 e. The highest BCUT2D eigenvalue weighted by atomic mass is 32.1. The van der Waals surface area contributed by atoms with Gasteiger partial charge in [0, 0.05) is 6.04 Å². The van der Waals surface area contributed by atoms with Gasteiger partial charge in [-0.2, -0.15) is 16.6 Å². The Morgan fingerprint density at radius 3 is 3.10 bits per heavy atom. The molecule has 1 rings (SSSR count). The van der Waals surface area contributed by atoms with E-state index in [9.17, 15) is 0 Å². The maximum absolute atomic E-state index is 8.31. The summed E-state index contributed by atoms with van der Waals surface area (Å²) in [4.78, 5) is 0. The summed E-state index contributed by atoms with van der Waals surface area (Å²) < 4.78 is 0. The van der Waals surface area contributed by atoms with Gasteiger partial charge in [-0.3, -0.25) is 0 Å². The van der Waals surface area contributed by atoms with Crippen molar-refractivity contribution < 1.29 is 0 Å². The molecule has 3 heteroatoms. The van der Waals surface area contributed by atoms with Crippen LogP contribution in [-0.2, 0) is 0 Å². The highest BCUT2D eigenvalue weighted by Crippen LogP contribution is 2.15. The van der Waals surface area contributed by atoms with Gasteiger partial charge in [0.25, 0.3) is 0 Å². The summed E-state index contributed by atoms with van der Waals surface area (Å²) in [5.41, 5.74) is 6.70. The Hall–Kier alpha value is -0.850. The third kappa shape index (κ3) is 1.56. The minimum atomic E-state index is -0.101. The minimum absolute atomic E-state index is 0.101. The molecule has 1 unspecified atom stereocenters. The SMILES string of the molecule is N#CCC(N)c1ccsc1. The van der Waals surface area contributed by atoms with Crippen LogP contribution < -0.4 is 5.73 Å². The standard InChI is InChI=1S/C7H8N2S/c8-3-1-7(9)6-2-4-10-5-6/h2,4-5,7H,1,9H2. The van der Waals surface area contributed by atoms with Gasteiger partial charge < -0.3 is 5.73 Å². The van der Waals surface area contributed by atoms with Gasteiger partial charge in [-0.1, -0.05) is 0 Å². The number of nitriles is 1. The van der Waals surface area contributed by atoms with Crippen molar-refractivity contribution in [3.63, 3.8) is 0 Å². The van der Waals surface area contributed by atoms with Gasteiger partial charge in [-0.05, 0) is 22.4 Å². The molecule has 2 N–H and O–H groups in total. The predicted octanol–water partition coefficient (Wildman–Crippen LogP) is 1.66.